The molecular weight excluding hydrogens is 264 g/mol. The zero-order valence-corrected chi connectivity index (χ0v) is 11.7. The molecule has 8 nitrogen and oxygen atoms in total. The van der Waals surface area contributed by atoms with Gasteiger partial charge in [0.25, 0.3) is 0 Å². The first-order valence-electron chi connectivity index (χ1n) is 6.50. The molecule has 1 aromatic rings. The molecule has 1 aromatic heterocycles. The lowest BCUT2D eigenvalue weighted by atomic mass is 10.0. The Morgan fingerprint density at radius 2 is 2.10 bits per heavy atom. The van der Waals surface area contributed by atoms with Gasteiger partial charge in [0.15, 0.2) is 5.82 Å². The van der Waals surface area contributed by atoms with E-state index in [0.29, 0.717) is 24.7 Å². The molecule has 0 radical (unpaired) electrons. The number of aryl methyl sites for hydroxylation is 1. The average Bonchev–Trinajstić information content (AvgIpc) is 2.80. The summed E-state index contributed by atoms with van der Waals surface area (Å²) in [7, 11) is 0. The van der Waals surface area contributed by atoms with E-state index in [-0.39, 0.29) is 24.9 Å². The Kier molecular flexibility index (Phi) is 6.48. The largest absolute Gasteiger partial charge is 0.481 e. The second-order valence-corrected chi connectivity index (χ2v) is 4.67. The van der Waals surface area contributed by atoms with Crippen LogP contribution in [0.25, 0.3) is 0 Å². The van der Waals surface area contributed by atoms with E-state index in [1.54, 1.807) is 6.92 Å². The number of amides is 2. The molecule has 1 unspecified atom stereocenters. The third kappa shape index (κ3) is 6.72. The minimum Gasteiger partial charge on any atom is -0.481 e. The molecule has 3 N–H and O–H groups in total. The van der Waals surface area contributed by atoms with Crippen LogP contribution in [0.1, 0.15) is 37.9 Å². The van der Waals surface area contributed by atoms with Crippen molar-refractivity contribution in [3.63, 3.8) is 0 Å². The predicted octanol–water partition coefficient (Wildman–Crippen LogP) is 1.07. The van der Waals surface area contributed by atoms with Crippen molar-refractivity contribution in [1.82, 2.24) is 20.8 Å². The van der Waals surface area contributed by atoms with Crippen molar-refractivity contribution in [2.45, 2.75) is 39.7 Å². The van der Waals surface area contributed by atoms with Crippen molar-refractivity contribution in [2.75, 3.05) is 6.54 Å². The molecule has 20 heavy (non-hydrogen) atoms. The highest BCUT2D eigenvalue weighted by molar-refractivity contribution is 5.73. The molecule has 0 aromatic carbocycles. The summed E-state index contributed by atoms with van der Waals surface area (Å²) in [5.74, 6) is 0.337. The fourth-order valence-corrected chi connectivity index (χ4v) is 1.58. The maximum Gasteiger partial charge on any atom is 0.315 e. The van der Waals surface area contributed by atoms with Gasteiger partial charge in [0.05, 0.1) is 6.54 Å². The minimum absolute atomic E-state index is 0.157. The summed E-state index contributed by atoms with van der Waals surface area (Å²) in [5, 5.41) is 17.5. The van der Waals surface area contributed by atoms with Gasteiger partial charge >= 0.3 is 12.0 Å². The molecule has 0 saturated heterocycles. The van der Waals surface area contributed by atoms with Crippen LogP contribution in [0.5, 0.6) is 0 Å². The fraction of sp³-hybridized carbons (Fsp3) is 0.667. The van der Waals surface area contributed by atoms with E-state index in [2.05, 4.69) is 20.8 Å². The van der Waals surface area contributed by atoms with Crippen molar-refractivity contribution >= 4 is 12.0 Å². The number of nitrogens with one attached hydrogen (secondary N) is 2. The number of carboxylic acid groups (broad SMARTS) is 1. The Hall–Kier alpha value is -2.12. The lowest BCUT2D eigenvalue weighted by Gasteiger charge is -2.10. The van der Waals surface area contributed by atoms with E-state index in [1.807, 2.05) is 6.92 Å². The smallest absolute Gasteiger partial charge is 0.315 e. The van der Waals surface area contributed by atoms with Crippen molar-refractivity contribution < 1.29 is 19.2 Å². The minimum atomic E-state index is -0.794. The highest BCUT2D eigenvalue weighted by atomic mass is 16.5. The molecule has 8 heteroatoms. The third-order valence-corrected chi connectivity index (χ3v) is 2.74. The summed E-state index contributed by atoms with van der Waals surface area (Å²) in [6.45, 7) is 4.34. The van der Waals surface area contributed by atoms with E-state index < -0.39 is 5.97 Å². The number of aliphatic carboxylic acids is 1. The molecule has 0 aliphatic heterocycles. The maximum atomic E-state index is 11.5. The summed E-state index contributed by atoms with van der Waals surface area (Å²) in [6.07, 6.45) is 1.50. The van der Waals surface area contributed by atoms with Gasteiger partial charge in [-0.3, -0.25) is 4.79 Å². The van der Waals surface area contributed by atoms with Crippen LogP contribution in [0.15, 0.2) is 4.52 Å². The first-order chi connectivity index (χ1) is 9.47. The van der Waals surface area contributed by atoms with Gasteiger partial charge in [0, 0.05) is 13.0 Å². The second kappa shape index (κ2) is 8.13. The van der Waals surface area contributed by atoms with Gasteiger partial charge in [0.2, 0.25) is 5.89 Å². The van der Waals surface area contributed by atoms with Gasteiger partial charge in [-0.25, -0.2) is 4.79 Å². The van der Waals surface area contributed by atoms with Crippen LogP contribution < -0.4 is 10.6 Å². The van der Waals surface area contributed by atoms with Crippen LogP contribution in [0.4, 0.5) is 4.79 Å². The summed E-state index contributed by atoms with van der Waals surface area (Å²) in [6, 6.07) is -0.314. The standard InChI is InChI=1S/C12H20N4O4/c1-8(3-4-11(17)18)5-6-13-12(19)14-7-10-15-9(2)16-20-10/h8H,3-7H2,1-2H3,(H,17,18)(H2,13,14,19). The number of carbonyl (C=O) groups is 2. The second-order valence-electron chi connectivity index (χ2n) is 4.67. The molecule has 1 atom stereocenters. The van der Waals surface area contributed by atoms with E-state index in [4.69, 9.17) is 9.63 Å². The Balaban J connectivity index is 2.09. The van der Waals surface area contributed by atoms with Gasteiger partial charge in [-0.1, -0.05) is 12.1 Å². The van der Waals surface area contributed by atoms with Gasteiger partial charge in [-0.15, -0.1) is 0 Å². The zero-order chi connectivity index (χ0) is 15.0. The van der Waals surface area contributed by atoms with E-state index in [0.717, 1.165) is 6.42 Å². The average molecular weight is 284 g/mol. The molecule has 0 bridgehead atoms. The molecule has 0 aliphatic rings. The summed E-state index contributed by atoms with van der Waals surface area (Å²) >= 11 is 0. The van der Waals surface area contributed by atoms with Crippen molar-refractivity contribution in [2.24, 2.45) is 5.92 Å². The molecule has 0 aliphatic carbocycles. The van der Waals surface area contributed by atoms with Crippen LogP contribution in [0, 0.1) is 12.8 Å². The van der Waals surface area contributed by atoms with Crippen LogP contribution in [-0.2, 0) is 11.3 Å². The number of aromatic nitrogens is 2. The fourth-order valence-electron chi connectivity index (χ4n) is 1.58. The molecule has 1 heterocycles. The van der Waals surface area contributed by atoms with Crippen LogP contribution in [0.3, 0.4) is 0 Å². The van der Waals surface area contributed by atoms with E-state index >= 15 is 0 Å². The summed E-state index contributed by atoms with van der Waals surface area (Å²) in [4.78, 5) is 25.8. The SMILES string of the molecule is Cc1noc(CNC(=O)NCCC(C)CCC(=O)O)n1. The molecule has 0 spiro atoms. The van der Waals surface area contributed by atoms with E-state index in [9.17, 15) is 9.59 Å². The van der Waals surface area contributed by atoms with Crippen molar-refractivity contribution in [3.05, 3.63) is 11.7 Å². The quantitative estimate of drug-likeness (QED) is 0.657. The molecule has 2 amide bonds. The number of hydrogen-bond donors (Lipinski definition) is 3. The first-order valence-corrected chi connectivity index (χ1v) is 6.50. The Morgan fingerprint density at radius 3 is 2.70 bits per heavy atom. The topological polar surface area (TPSA) is 117 Å². The lowest BCUT2D eigenvalue weighted by Crippen LogP contribution is -2.36. The van der Waals surface area contributed by atoms with E-state index in [1.165, 1.54) is 0 Å². The van der Waals surface area contributed by atoms with Crippen LogP contribution in [0.2, 0.25) is 0 Å². The third-order valence-electron chi connectivity index (χ3n) is 2.74. The van der Waals surface area contributed by atoms with Gasteiger partial charge < -0.3 is 20.3 Å². The Bertz CT molecular complexity index is 446. The Morgan fingerprint density at radius 1 is 1.35 bits per heavy atom. The molecule has 0 fully saturated rings. The van der Waals surface area contributed by atoms with Crippen molar-refractivity contribution in [1.29, 1.82) is 0 Å². The number of urea groups is 1. The number of nitrogens with zero attached hydrogens (tertiary/aromatic N) is 2. The lowest BCUT2D eigenvalue weighted by molar-refractivity contribution is -0.137. The predicted molar refractivity (Wildman–Crippen MR) is 69.9 cm³/mol. The molecule has 0 saturated carbocycles. The molecule has 1 rings (SSSR count). The highest BCUT2D eigenvalue weighted by Gasteiger charge is 2.08. The maximum absolute atomic E-state index is 11.5. The monoisotopic (exact) mass is 284 g/mol. The number of carboxylic acids is 1. The van der Waals surface area contributed by atoms with Crippen molar-refractivity contribution in [3.8, 4) is 0 Å². The first kappa shape index (κ1) is 15.9. The summed E-state index contributed by atoms with van der Waals surface area (Å²) < 4.78 is 4.85. The molecular formula is C12H20N4O4. The van der Waals surface area contributed by atoms with Gasteiger partial charge in [-0.2, -0.15) is 4.98 Å². The molecule has 112 valence electrons. The number of rotatable bonds is 8. The van der Waals surface area contributed by atoms with Crippen LogP contribution in [-0.4, -0.2) is 33.8 Å². The Labute approximate surface area is 116 Å². The zero-order valence-electron chi connectivity index (χ0n) is 11.7. The van der Waals surface area contributed by atoms with Crippen LogP contribution >= 0.6 is 0 Å². The highest BCUT2D eigenvalue weighted by Crippen LogP contribution is 2.08. The summed E-state index contributed by atoms with van der Waals surface area (Å²) in [5.41, 5.74) is 0. The van der Waals surface area contributed by atoms with Gasteiger partial charge in [0.1, 0.15) is 0 Å². The van der Waals surface area contributed by atoms with Gasteiger partial charge in [-0.05, 0) is 25.7 Å². The normalized spacial score (nSPS) is 11.9. The number of carbonyl (C=O) groups excluding carboxylic acids is 1. The number of hydrogen-bond acceptors (Lipinski definition) is 5.